The lowest BCUT2D eigenvalue weighted by Crippen LogP contribution is -2.10. The second kappa shape index (κ2) is 6.42. The monoisotopic (exact) mass is 287 g/mol. The lowest BCUT2D eigenvalue weighted by molar-refractivity contribution is 0.0696. The van der Waals surface area contributed by atoms with Crippen LogP contribution in [0.4, 0.5) is 0 Å². The standard InChI is InChI=1S/C8H7NO3.C7H6O2/c9-8(10)5-1-2-6-7(3-5)12-4-11-6;8-7(9)6-4-2-1-3-5-6/h1-3H,4H2,(H2,9,10);1-5H,(H,8,9). The number of carbonyl (C=O) groups excluding carboxylic acids is 1. The van der Waals surface area contributed by atoms with E-state index in [-0.39, 0.29) is 6.79 Å². The van der Waals surface area contributed by atoms with Gasteiger partial charge in [0.25, 0.3) is 0 Å². The predicted molar refractivity (Wildman–Crippen MR) is 74.5 cm³/mol. The SMILES string of the molecule is NC(=O)c1ccc2c(c1)OCO2.O=C(O)c1ccccc1. The number of carbonyl (C=O) groups is 2. The maximum Gasteiger partial charge on any atom is 0.335 e. The number of benzene rings is 2. The van der Waals surface area contributed by atoms with Crippen LogP contribution >= 0.6 is 0 Å². The van der Waals surface area contributed by atoms with Gasteiger partial charge in [-0.2, -0.15) is 0 Å². The van der Waals surface area contributed by atoms with Crippen molar-refractivity contribution in [1.29, 1.82) is 0 Å². The van der Waals surface area contributed by atoms with Gasteiger partial charge >= 0.3 is 5.97 Å². The number of rotatable bonds is 2. The van der Waals surface area contributed by atoms with Crippen LogP contribution in [0.2, 0.25) is 0 Å². The molecule has 108 valence electrons. The van der Waals surface area contributed by atoms with Crippen LogP contribution in [0.1, 0.15) is 20.7 Å². The molecule has 0 saturated carbocycles. The van der Waals surface area contributed by atoms with E-state index >= 15 is 0 Å². The average Bonchev–Trinajstić information content (AvgIpc) is 2.96. The third kappa shape index (κ3) is 3.73. The maximum absolute atomic E-state index is 10.7. The Labute approximate surface area is 120 Å². The van der Waals surface area contributed by atoms with Gasteiger partial charge in [-0.05, 0) is 30.3 Å². The van der Waals surface area contributed by atoms with Crippen LogP contribution in [0.15, 0.2) is 48.5 Å². The molecule has 21 heavy (non-hydrogen) atoms. The van der Waals surface area contributed by atoms with Gasteiger partial charge < -0.3 is 20.3 Å². The number of primary amides is 1. The van der Waals surface area contributed by atoms with Crippen molar-refractivity contribution in [3.05, 3.63) is 59.7 Å². The Morgan fingerprint density at radius 2 is 1.62 bits per heavy atom. The van der Waals surface area contributed by atoms with Gasteiger partial charge in [-0.1, -0.05) is 18.2 Å². The van der Waals surface area contributed by atoms with Crippen molar-refractivity contribution in [3.8, 4) is 11.5 Å². The van der Waals surface area contributed by atoms with Gasteiger partial charge in [-0.15, -0.1) is 0 Å². The number of aromatic carboxylic acids is 1. The molecule has 6 heteroatoms. The van der Waals surface area contributed by atoms with Gasteiger partial charge in [0.2, 0.25) is 12.7 Å². The molecule has 3 rings (SSSR count). The molecule has 6 nitrogen and oxygen atoms in total. The summed E-state index contributed by atoms with van der Waals surface area (Å²) in [7, 11) is 0. The van der Waals surface area contributed by atoms with Crippen LogP contribution < -0.4 is 15.2 Å². The summed E-state index contributed by atoms with van der Waals surface area (Å²) in [6, 6.07) is 13.1. The molecule has 2 aromatic rings. The Balaban J connectivity index is 0.000000161. The molecular formula is C15H13NO5. The van der Waals surface area contributed by atoms with Gasteiger partial charge in [0.15, 0.2) is 11.5 Å². The van der Waals surface area contributed by atoms with E-state index in [2.05, 4.69) is 0 Å². The number of amides is 1. The molecule has 0 unspecified atom stereocenters. The fraction of sp³-hybridized carbons (Fsp3) is 0.0667. The van der Waals surface area contributed by atoms with E-state index in [1.54, 1.807) is 48.5 Å². The Morgan fingerprint density at radius 1 is 0.952 bits per heavy atom. The number of carboxylic acids is 1. The van der Waals surface area contributed by atoms with Gasteiger partial charge in [0, 0.05) is 5.56 Å². The molecule has 3 N–H and O–H groups in total. The average molecular weight is 287 g/mol. The zero-order chi connectivity index (χ0) is 15.2. The second-order valence-electron chi connectivity index (χ2n) is 4.10. The van der Waals surface area contributed by atoms with E-state index in [9.17, 15) is 9.59 Å². The fourth-order valence-corrected chi connectivity index (χ4v) is 1.63. The number of nitrogens with two attached hydrogens (primary N) is 1. The first-order valence-corrected chi connectivity index (χ1v) is 6.05. The molecule has 0 aliphatic carbocycles. The van der Waals surface area contributed by atoms with Crippen LogP contribution in [-0.2, 0) is 0 Å². The van der Waals surface area contributed by atoms with E-state index in [0.29, 0.717) is 22.6 Å². The summed E-state index contributed by atoms with van der Waals surface area (Å²) in [6.45, 7) is 0.206. The molecule has 0 spiro atoms. The summed E-state index contributed by atoms with van der Waals surface area (Å²) in [5, 5.41) is 8.38. The van der Waals surface area contributed by atoms with Crippen molar-refractivity contribution in [3.63, 3.8) is 0 Å². The summed E-state index contributed by atoms with van der Waals surface area (Å²) in [4.78, 5) is 20.9. The van der Waals surface area contributed by atoms with Gasteiger partial charge in [-0.3, -0.25) is 4.79 Å². The normalized spacial score (nSPS) is 11.2. The molecule has 1 heterocycles. The molecule has 0 aromatic heterocycles. The molecule has 1 aliphatic heterocycles. The molecule has 0 bridgehead atoms. The van der Waals surface area contributed by atoms with Crippen molar-refractivity contribution < 1.29 is 24.2 Å². The quantitative estimate of drug-likeness (QED) is 0.878. The topological polar surface area (TPSA) is 98.9 Å². The van der Waals surface area contributed by atoms with E-state index < -0.39 is 11.9 Å². The fourth-order valence-electron chi connectivity index (χ4n) is 1.63. The minimum Gasteiger partial charge on any atom is -0.478 e. The highest BCUT2D eigenvalue weighted by Crippen LogP contribution is 2.32. The van der Waals surface area contributed by atoms with Crippen LogP contribution in [-0.4, -0.2) is 23.8 Å². The number of hydrogen-bond acceptors (Lipinski definition) is 4. The van der Waals surface area contributed by atoms with E-state index in [4.69, 9.17) is 20.3 Å². The highest BCUT2D eigenvalue weighted by atomic mass is 16.7. The molecule has 1 aliphatic rings. The number of carboxylic acid groups (broad SMARTS) is 1. The smallest absolute Gasteiger partial charge is 0.335 e. The summed E-state index contributed by atoms with van der Waals surface area (Å²) in [6.07, 6.45) is 0. The Hall–Kier alpha value is -3.02. The van der Waals surface area contributed by atoms with Crippen LogP contribution in [0, 0.1) is 0 Å². The van der Waals surface area contributed by atoms with Crippen molar-refractivity contribution in [1.82, 2.24) is 0 Å². The minimum atomic E-state index is -0.879. The summed E-state index contributed by atoms with van der Waals surface area (Å²) in [5.41, 5.74) is 5.83. The Bertz CT molecular complexity index is 654. The number of hydrogen-bond donors (Lipinski definition) is 2. The number of fused-ring (bicyclic) bond motifs is 1. The Morgan fingerprint density at radius 3 is 2.19 bits per heavy atom. The highest BCUT2D eigenvalue weighted by molar-refractivity contribution is 5.93. The van der Waals surface area contributed by atoms with Crippen molar-refractivity contribution >= 4 is 11.9 Å². The largest absolute Gasteiger partial charge is 0.478 e. The summed E-state index contributed by atoms with van der Waals surface area (Å²) in [5.74, 6) is -0.116. The molecule has 2 aromatic carbocycles. The first-order chi connectivity index (χ1) is 10.1. The van der Waals surface area contributed by atoms with Crippen molar-refractivity contribution in [2.24, 2.45) is 5.73 Å². The zero-order valence-electron chi connectivity index (χ0n) is 11.0. The van der Waals surface area contributed by atoms with Crippen LogP contribution in [0.3, 0.4) is 0 Å². The summed E-state index contributed by atoms with van der Waals surface area (Å²) < 4.78 is 10.1. The lowest BCUT2D eigenvalue weighted by atomic mass is 10.2. The van der Waals surface area contributed by atoms with E-state index in [0.717, 1.165) is 0 Å². The van der Waals surface area contributed by atoms with Crippen molar-refractivity contribution in [2.75, 3.05) is 6.79 Å². The third-order valence-corrected chi connectivity index (χ3v) is 2.68. The molecular weight excluding hydrogens is 274 g/mol. The van der Waals surface area contributed by atoms with Crippen LogP contribution in [0.25, 0.3) is 0 Å². The van der Waals surface area contributed by atoms with E-state index in [1.165, 1.54) is 0 Å². The predicted octanol–water partition coefficient (Wildman–Crippen LogP) is 1.90. The maximum atomic E-state index is 10.7. The van der Waals surface area contributed by atoms with Crippen LogP contribution in [0.5, 0.6) is 11.5 Å². The van der Waals surface area contributed by atoms with Gasteiger partial charge in [0.05, 0.1) is 5.56 Å². The van der Waals surface area contributed by atoms with Gasteiger partial charge in [0.1, 0.15) is 0 Å². The molecule has 0 saturated heterocycles. The van der Waals surface area contributed by atoms with Crippen molar-refractivity contribution in [2.45, 2.75) is 0 Å². The second-order valence-corrected chi connectivity index (χ2v) is 4.10. The minimum absolute atomic E-state index is 0.206. The summed E-state index contributed by atoms with van der Waals surface area (Å²) >= 11 is 0. The molecule has 0 fully saturated rings. The number of ether oxygens (including phenoxy) is 2. The molecule has 0 radical (unpaired) electrons. The zero-order valence-corrected chi connectivity index (χ0v) is 11.0. The lowest BCUT2D eigenvalue weighted by Gasteiger charge is -1.97. The third-order valence-electron chi connectivity index (χ3n) is 2.68. The van der Waals surface area contributed by atoms with Gasteiger partial charge in [-0.25, -0.2) is 4.79 Å². The molecule has 1 amide bonds. The van der Waals surface area contributed by atoms with E-state index in [1.807, 2.05) is 0 Å². The first kappa shape index (κ1) is 14.4. The first-order valence-electron chi connectivity index (χ1n) is 6.05. The molecule has 0 atom stereocenters. The Kier molecular flexibility index (Phi) is 4.40. The highest BCUT2D eigenvalue weighted by Gasteiger charge is 2.14.